The van der Waals surface area contributed by atoms with Gasteiger partial charge in [-0.2, -0.15) is 0 Å². The number of rotatable bonds is 5. The second kappa shape index (κ2) is 7.07. The van der Waals surface area contributed by atoms with Gasteiger partial charge < -0.3 is 10.6 Å². The lowest BCUT2D eigenvalue weighted by Gasteiger charge is -2.34. The molecule has 1 amide bonds. The van der Waals surface area contributed by atoms with Crippen LogP contribution in [0.5, 0.6) is 0 Å². The summed E-state index contributed by atoms with van der Waals surface area (Å²) in [5, 5.41) is 6.16. The first-order chi connectivity index (χ1) is 9.89. The molecule has 0 aromatic rings. The molecule has 6 nitrogen and oxygen atoms in total. The molecule has 1 aliphatic heterocycles. The van der Waals surface area contributed by atoms with Gasteiger partial charge in [-0.25, -0.2) is 8.42 Å². The molecule has 0 aromatic carbocycles. The van der Waals surface area contributed by atoms with Crippen LogP contribution in [0.3, 0.4) is 0 Å². The van der Waals surface area contributed by atoms with E-state index >= 15 is 0 Å². The number of sulfone groups is 1. The zero-order chi connectivity index (χ0) is 15.5. The van der Waals surface area contributed by atoms with Gasteiger partial charge in [0.15, 0.2) is 9.84 Å². The molecule has 1 unspecified atom stereocenters. The van der Waals surface area contributed by atoms with Gasteiger partial charge in [-0.3, -0.25) is 9.69 Å². The molecule has 2 N–H and O–H groups in total. The van der Waals surface area contributed by atoms with E-state index in [1.54, 1.807) is 0 Å². The van der Waals surface area contributed by atoms with Crippen molar-refractivity contribution >= 4 is 15.7 Å². The van der Waals surface area contributed by atoms with Gasteiger partial charge in [-0.1, -0.05) is 0 Å². The molecule has 1 saturated carbocycles. The molecule has 122 valence electrons. The molecular weight excluding hydrogens is 290 g/mol. The van der Waals surface area contributed by atoms with Gasteiger partial charge >= 0.3 is 0 Å². The van der Waals surface area contributed by atoms with Gasteiger partial charge in [0.05, 0.1) is 18.1 Å². The second-order valence-electron chi connectivity index (χ2n) is 6.38. The zero-order valence-corrected chi connectivity index (χ0v) is 13.8. The monoisotopic (exact) mass is 317 g/mol. The third kappa shape index (κ3) is 4.93. The van der Waals surface area contributed by atoms with E-state index in [1.807, 2.05) is 14.1 Å². The van der Waals surface area contributed by atoms with Crippen molar-refractivity contribution in [1.82, 2.24) is 15.5 Å². The Hall–Kier alpha value is -0.660. The Morgan fingerprint density at radius 3 is 2.33 bits per heavy atom. The van der Waals surface area contributed by atoms with Crippen molar-refractivity contribution in [2.45, 2.75) is 50.2 Å². The van der Waals surface area contributed by atoms with Crippen LogP contribution in [0.2, 0.25) is 0 Å². The zero-order valence-electron chi connectivity index (χ0n) is 13.0. The van der Waals surface area contributed by atoms with Crippen LogP contribution in [-0.4, -0.2) is 69.5 Å². The van der Waals surface area contributed by atoms with Crippen molar-refractivity contribution < 1.29 is 13.2 Å². The van der Waals surface area contributed by atoms with Crippen molar-refractivity contribution in [3.8, 4) is 0 Å². The molecule has 0 radical (unpaired) electrons. The molecule has 2 rings (SSSR count). The Morgan fingerprint density at radius 2 is 1.81 bits per heavy atom. The van der Waals surface area contributed by atoms with Crippen LogP contribution in [0.1, 0.15) is 32.1 Å². The summed E-state index contributed by atoms with van der Waals surface area (Å²) in [6, 6.07) is 0.857. The number of hydrogen-bond donors (Lipinski definition) is 2. The van der Waals surface area contributed by atoms with Gasteiger partial charge in [0.25, 0.3) is 0 Å². The van der Waals surface area contributed by atoms with Gasteiger partial charge in [0, 0.05) is 18.1 Å². The van der Waals surface area contributed by atoms with Crippen molar-refractivity contribution in [3.05, 3.63) is 0 Å². The first kappa shape index (κ1) is 16.7. The van der Waals surface area contributed by atoms with Gasteiger partial charge in [0.2, 0.25) is 5.91 Å². The van der Waals surface area contributed by atoms with E-state index in [2.05, 4.69) is 15.5 Å². The lowest BCUT2D eigenvalue weighted by atomic mass is 9.90. The van der Waals surface area contributed by atoms with E-state index in [1.165, 1.54) is 0 Å². The Balaban J connectivity index is 1.73. The highest BCUT2D eigenvalue weighted by Crippen LogP contribution is 2.22. The molecule has 21 heavy (non-hydrogen) atoms. The molecule has 0 aromatic heterocycles. The summed E-state index contributed by atoms with van der Waals surface area (Å²) >= 11 is 0. The minimum atomic E-state index is -2.93. The van der Waals surface area contributed by atoms with E-state index < -0.39 is 9.84 Å². The molecule has 7 heteroatoms. The average Bonchev–Trinajstić information content (AvgIpc) is 2.77. The number of hydrogen-bond acceptors (Lipinski definition) is 5. The summed E-state index contributed by atoms with van der Waals surface area (Å²) in [6.45, 7) is 0.353. The molecular formula is C14H27N3O3S. The fourth-order valence-corrected chi connectivity index (χ4v) is 5.02. The van der Waals surface area contributed by atoms with Crippen LogP contribution in [0.4, 0.5) is 0 Å². The molecule has 1 saturated heterocycles. The van der Waals surface area contributed by atoms with E-state index in [9.17, 15) is 13.2 Å². The Bertz CT molecular complexity index is 458. The summed E-state index contributed by atoms with van der Waals surface area (Å²) < 4.78 is 22.8. The number of amides is 1. The topological polar surface area (TPSA) is 78.5 Å². The highest BCUT2D eigenvalue weighted by molar-refractivity contribution is 7.91. The molecule has 1 heterocycles. The summed E-state index contributed by atoms with van der Waals surface area (Å²) in [7, 11) is 1.04. The maximum Gasteiger partial charge on any atom is 0.234 e. The van der Waals surface area contributed by atoms with Crippen LogP contribution in [0, 0.1) is 0 Å². The van der Waals surface area contributed by atoms with Gasteiger partial charge in [-0.05, 0) is 46.2 Å². The standard InChI is InChI=1S/C14H27N3O3S/c1-15-11-3-5-13(6-4-11)17(2)9-14(18)16-12-7-8-21(19,20)10-12/h11-13,15H,3-10H2,1-2H3,(H,16,18). The van der Waals surface area contributed by atoms with E-state index in [0.717, 1.165) is 25.7 Å². The van der Waals surface area contributed by atoms with Crippen molar-refractivity contribution in [1.29, 1.82) is 0 Å². The number of likely N-dealkylation sites (N-methyl/N-ethyl adjacent to an activating group) is 1. The van der Waals surface area contributed by atoms with Crippen LogP contribution in [-0.2, 0) is 14.6 Å². The fourth-order valence-electron chi connectivity index (χ4n) is 3.34. The van der Waals surface area contributed by atoms with Crippen molar-refractivity contribution in [2.24, 2.45) is 0 Å². The molecule has 2 aliphatic rings. The maximum atomic E-state index is 12.0. The average molecular weight is 317 g/mol. The second-order valence-corrected chi connectivity index (χ2v) is 8.61. The molecule has 1 aliphatic carbocycles. The lowest BCUT2D eigenvalue weighted by Crippen LogP contribution is -2.46. The van der Waals surface area contributed by atoms with Crippen LogP contribution in [0.25, 0.3) is 0 Å². The van der Waals surface area contributed by atoms with Gasteiger partial charge in [-0.15, -0.1) is 0 Å². The lowest BCUT2D eigenvalue weighted by molar-refractivity contribution is -0.123. The fraction of sp³-hybridized carbons (Fsp3) is 0.929. The van der Waals surface area contributed by atoms with Crippen molar-refractivity contribution in [3.63, 3.8) is 0 Å². The smallest absolute Gasteiger partial charge is 0.234 e. The predicted octanol–water partition coefficient (Wildman–Crippen LogP) is -0.248. The van der Waals surface area contributed by atoms with E-state index in [0.29, 0.717) is 25.0 Å². The first-order valence-corrected chi connectivity index (χ1v) is 9.59. The van der Waals surface area contributed by atoms with E-state index in [4.69, 9.17) is 0 Å². The minimum absolute atomic E-state index is 0.0599. The number of carbonyl (C=O) groups is 1. The summed E-state index contributed by atoms with van der Waals surface area (Å²) in [6.07, 6.45) is 5.05. The molecule has 1 atom stereocenters. The first-order valence-electron chi connectivity index (χ1n) is 7.77. The number of carbonyl (C=O) groups excluding carboxylic acids is 1. The number of nitrogens with one attached hydrogen (secondary N) is 2. The molecule has 2 fully saturated rings. The third-order valence-electron chi connectivity index (χ3n) is 4.72. The highest BCUT2D eigenvalue weighted by Gasteiger charge is 2.30. The molecule has 0 spiro atoms. The maximum absolute atomic E-state index is 12.0. The Kier molecular flexibility index (Phi) is 5.62. The van der Waals surface area contributed by atoms with E-state index in [-0.39, 0.29) is 23.5 Å². The minimum Gasteiger partial charge on any atom is -0.351 e. The third-order valence-corrected chi connectivity index (χ3v) is 6.49. The quantitative estimate of drug-likeness (QED) is 0.731. The summed E-state index contributed by atoms with van der Waals surface area (Å²) in [4.78, 5) is 14.1. The van der Waals surface area contributed by atoms with Crippen molar-refractivity contribution in [2.75, 3.05) is 32.1 Å². The van der Waals surface area contributed by atoms with Crippen LogP contribution < -0.4 is 10.6 Å². The Morgan fingerprint density at radius 1 is 1.14 bits per heavy atom. The summed E-state index contributed by atoms with van der Waals surface area (Å²) in [5.41, 5.74) is 0. The number of nitrogens with zero attached hydrogens (tertiary/aromatic N) is 1. The van der Waals surface area contributed by atoms with Crippen LogP contribution >= 0.6 is 0 Å². The summed E-state index contributed by atoms with van der Waals surface area (Å²) in [5.74, 6) is 0.229. The van der Waals surface area contributed by atoms with Crippen LogP contribution in [0.15, 0.2) is 0 Å². The normalized spacial score (nSPS) is 32.2. The highest BCUT2D eigenvalue weighted by atomic mass is 32.2. The van der Waals surface area contributed by atoms with Gasteiger partial charge in [0.1, 0.15) is 0 Å². The predicted molar refractivity (Wildman–Crippen MR) is 82.9 cm³/mol. The largest absolute Gasteiger partial charge is 0.351 e. The molecule has 0 bridgehead atoms. The SMILES string of the molecule is CNC1CCC(N(C)CC(=O)NC2CCS(=O)(=O)C2)CC1. The Labute approximate surface area is 127 Å².